The van der Waals surface area contributed by atoms with E-state index in [-0.39, 0.29) is 30.7 Å². The Hall–Kier alpha value is -3.87. The first-order valence-electron chi connectivity index (χ1n) is 15.9. The summed E-state index contributed by atoms with van der Waals surface area (Å²) in [7, 11) is 2.86. The first-order chi connectivity index (χ1) is 22.0. The molecule has 0 bridgehead atoms. The van der Waals surface area contributed by atoms with Crippen LogP contribution in [0.2, 0.25) is 0 Å². The van der Waals surface area contributed by atoms with Crippen molar-refractivity contribution in [2.75, 3.05) is 60.0 Å². The van der Waals surface area contributed by atoms with Crippen molar-refractivity contribution in [2.24, 2.45) is 0 Å². The highest BCUT2D eigenvalue weighted by atomic mass is 16.6. The standard InChI is InChI=1S/C35H53N5O7/c1-11-38(18-20-39(24-31(41)46-34(3,4)5)22-27-14-12-16-29(36-27)26(2)44-9)19-21-40(25-32(42)47-35(6,7)8)23-28-15-13-17-30(37-28)33(43)45-10/h12-17H,2,11,18-25H2,1,3-10H3. The van der Waals surface area contributed by atoms with Crippen molar-refractivity contribution < 1.29 is 33.3 Å². The second-order valence-corrected chi connectivity index (χ2v) is 13.2. The van der Waals surface area contributed by atoms with E-state index < -0.39 is 17.2 Å². The third-order valence-electron chi connectivity index (χ3n) is 6.77. The lowest BCUT2D eigenvalue weighted by molar-refractivity contribution is -0.157. The first kappa shape index (κ1) is 39.3. The molecule has 2 rings (SSSR count). The lowest BCUT2D eigenvalue weighted by atomic mass is 10.2. The van der Waals surface area contributed by atoms with Gasteiger partial charge in [-0.25, -0.2) is 14.8 Å². The zero-order chi connectivity index (χ0) is 35.2. The van der Waals surface area contributed by atoms with E-state index in [1.165, 1.54) is 7.11 Å². The van der Waals surface area contributed by atoms with Crippen molar-refractivity contribution in [3.8, 4) is 0 Å². The van der Waals surface area contributed by atoms with E-state index >= 15 is 0 Å². The topological polar surface area (TPSA) is 124 Å². The maximum atomic E-state index is 12.9. The number of hydrogen-bond donors (Lipinski definition) is 0. The van der Waals surface area contributed by atoms with Gasteiger partial charge in [0.25, 0.3) is 0 Å². The number of carbonyl (C=O) groups is 3. The molecule has 0 N–H and O–H groups in total. The maximum absolute atomic E-state index is 12.9. The minimum Gasteiger partial charge on any atom is -0.495 e. The highest BCUT2D eigenvalue weighted by Gasteiger charge is 2.23. The van der Waals surface area contributed by atoms with Crippen LogP contribution in [-0.2, 0) is 41.6 Å². The first-order valence-corrected chi connectivity index (χ1v) is 15.9. The minimum absolute atomic E-state index is 0.0541. The van der Waals surface area contributed by atoms with Crippen molar-refractivity contribution in [3.63, 3.8) is 0 Å². The summed E-state index contributed by atoms with van der Waals surface area (Å²) in [5.41, 5.74) is 1.02. The van der Waals surface area contributed by atoms with Crippen LogP contribution >= 0.6 is 0 Å². The fourth-order valence-electron chi connectivity index (χ4n) is 4.61. The van der Waals surface area contributed by atoms with Crippen LogP contribution in [-0.4, -0.2) is 114 Å². The lowest BCUT2D eigenvalue weighted by Crippen LogP contribution is -2.43. The number of pyridine rings is 2. The highest BCUT2D eigenvalue weighted by molar-refractivity contribution is 5.87. The molecule has 12 heteroatoms. The summed E-state index contributed by atoms with van der Waals surface area (Å²) >= 11 is 0. The van der Waals surface area contributed by atoms with Crippen LogP contribution in [0.1, 0.15) is 76.0 Å². The quantitative estimate of drug-likeness (QED) is 0.130. The second kappa shape index (κ2) is 18.5. The van der Waals surface area contributed by atoms with Crippen molar-refractivity contribution in [2.45, 2.75) is 72.8 Å². The molecule has 2 aromatic rings. The maximum Gasteiger partial charge on any atom is 0.356 e. The van der Waals surface area contributed by atoms with Crippen molar-refractivity contribution in [1.29, 1.82) is 0 Å². The lowest BCUT2D eigenvalue weighted by Gasteiger charge is -2.30. The number of methoxy groups -OCH3 is 2. The summed E-state index contributed by atoms with van der Waals surface area (Å²) in [5, 5.41) is 0. The number of likely N-dealkylation sites (N-methyl/N-ethyl adjacent to an activating group) is 1. The van der Waals surface area contributed by atoms with E-state index in [0.29, 0.717) is 56.4 Å². The van der Waals surface area contributed by atoms with Gasteiger partial charge < -0.3 is 23.8 Å². The Morgan fingerprint density at radius 1 is 0.681 bits per heavy atom. The molecule has 0 unspecified atom stereocenters. The van der Waals surface area contributed by atoms with Crippen molar-refractivity contribution in [1.82, 2.24) is 24.7 Å². The summed E-state index contributed by atoms with van der Waals surface area (Å²) < 4.78 is 21.3. The third kappa shape index (κ3) is 15.5. The molecule has 0 aliphatic rings. The summed E-state index contributed by atoms with van der Waals surface area (Å²) in [6.07, 6.45) is 0. The Bertz CT molecular complexity index is 1240. The van der Waals surface area contributed by atoms with Crippen molar-refractivity contribution in [3.05, 3.63) is 65.8 Å². The van der Waals surface area contributed by atoms with Crippen molar-refractivity contribution >= 4 is 23.7 Å². The zero-order valence-electron chi connectivity index (χ0n) is 29.6. The summed E-state index contributed by atoms with van der Waals surface area (Å²) in [6.45, 7) is 21.1. The predicted octanol–water partition coefficient (Wildman–Crippen LogP) is 4.19. The van der Waals surface area contributed by atoms with E-state index in [9.17, 15) is 14.4 Å². The van der Waals surface area contributed by atoms with Gasteiger partial charge in [-0.15, -0.1) is 0 Å². The molecule has 0 amide bonds. The van der Waals surface area contributed by atoms with Gasteiger partial charge in [-0.2, -0.15) is 0 Å². The van der Waals surface area contributed by atoms with Gasteiger partial charge in [-0.1, -0.05) is 25.6 Å². The molecule has 0 aliphatic heterocycles. The molecule has 0 saturated carbocycles. The smallest absolute Gasteiger partial charge is 0.356 e. The molecular weight excluding hydrogens is 602 g/mol. The van der Waals surface area contributed by atoms with Gasteiger partial charge in [0.15, 0.2) is 0 Å². The second-order valence-electron chi connectivity index (χ2n) is 13.2. The number of hydrogen-bond acceptors (Lipinski definition) is 12. The molecule has 0 radical (unpaired) electrons. The molecule has 0 atom stereocenters. The minimum atomic E-state index is -0.621. The van der Waals surface area contributed by atoms with Gasteiger partial charge >= 0.3 is 17.9 Å². The Morgan fingerprint density at radius 2 is 1.11 bits per heavy atom. The molecule has 260 valence electrons. The van der Waals surface area contributed by atoms with Gasteiger partial charge in [-0.05, 0) is 72.4 Å². The van der Waals surface area contributed by atoms with Gasteiger partial charge in [0.2, 0.25) is 0 Å². The predicted molar refractivity (Wildman–Crippen MR) is 180 cm³/mol. The third-order valence-corrected chi connectivity index (χ3v) is 6.77. The van der Waals surface area contributed by atoms with Crippen LogP contribution in [0, 0.1) is 0 Å². The van der Waals surface area contributed by atoms with Gasteiger partial charge in [0.1, 0.15) is 28.3 Å². The largest absolute Gasteiger partial charge is 0.495 e. The van der Waals surface area contributed by atoms with Gasteiger partial charge in [0.05, 0.1) is 38.7 Å². The average molecular weight is 656 g/mol. The molecular formula is C35H53N5O7. The number of esters is 3. The Balaban J connectivity index is 2.18. The normalized spacial score (nSPS) is 11.9. The Morgan fingerprint density at radius 3 is 1.51 bits per heavy atom. The molecule has 47 heavy (non-hydrogen) atoms. The fourth-order valence-corrected chi connectivity index (χ4v) is 4.61. The molecule has 0 fully saturated rings. The van der Waals surface area contributed by atoms with E-state index in [0.717, 1.165) is 12.2 Å². The van der Waals surface area contributed by atoms with Crippen LogP contribution in [0.15, 0.2) is 43.0 Å². The fraction of sp³-hybridized carbons (Fsp3) is 0.571. The van der Waals surface area contributed by atoms with Crippen LogP contribution < -0.4 is 0 Å². The summed E-state index contributed by atoms with van der Waals surface area (Å²) in [6, 6.07) is 10.8. The van der Waals surface area contributed by atoms with Crippen LogP contribution in [0.4, 0.5) is 0 Å². The van der Waals surface area contributed by atoms with Crippen LogP contribution in [0.25, 0.3) is 5.76 Å². The summed E-state index contributed by atoms with van der Waals surface area (Å²) in [5.74, 6) is -0.725. The SMILES string of the molecule is C=C(OC)c1cccc(CN(CCN(CC)CCN(CC(=O)OC(C)(C)C)Cc2cccc(C(=O)OC)n2)CC(=O)OC(C)(C)C)n1. The molecule has 2 aromatic heterocycles. The summed E-state index contributed by atoms with van der Waals surface area (Å²) in [4.78, 5) is 53.1. The zero-order valence-corrected chi connectivity index (χ0v) is 29.6. The molecule has 0 saturated heterocycles. The van der Waals surface area contributed by atoms with E-state index in [1.807, 2.05) is 75.6 Å². The number of aromatic nitrogens is 2. The van der Waals surface area contributed by atoms with Crippen LogP contribution in [0.3, 0.4) is 0 Å². The molecule has 0 spiro atoms. The Kier molecular flexibility index (Phi) is 15.4. The highest BCUT2D eigenvalue weighted by Crippen LogP contribution is 2.14. The Labute approximate surface area is 280 Å². The van der Waals surface area contributed by atoms with Crippen LogP contribution in [0.5, 0.6) is 0 Å². The number of carbonyl (C=O) groups excluding carboxylic acids is 3. The average Bonchev–Trinajstić information content (AvgIpc) is 2.98. The van der Waals surface area contributed by atoms with Gasteiger partial charge in [-0.3, -0.25) is 19.4 Å². The van der Waals surface area contributed by atoms with E-state index in [2.05, 4.69) is 28.4 Å². The monoisotopic (exact) mass is 655 g/mol. The number of rotatable bonds is 18. The molecule has 12 nitrogen and oxygen atoms in total. The number of ether oxygens (including phenoxy) is 4. The molecule has 0 aromatic carbocycles. The van der Waals surface area contributed by atoms with Gasteiger partial charge in [0, 0.05) is 39.3 Å². The molecule has 0 aliphatic carbocycles. The van der Waals surface area contributed by atoms with E-state index in [4.69, 9.17) is 18.9 Å². The van der Waals surface area contributed by atoms with E-state index in [1.54, 1.807) is 19.2 Å². The molecule has 2 heterocycles. The number of nitrogens with zero attached hydrogens (tertiary/aromatic N) is 5.